The standard InChI is InChI=1S/C14H14Cl2N2O2S/c1-8(12-5-6-13(16)21-12)17-14(19)18-10-7-9(15)3-4-11(10)20-2/h3-8H,1-2H3,(H2,17,18,19). The van der Waals surface area contributed by atoms with Gasteiger partial charge in [-0.1, -0.05) is 23.2 Å². The van der Waals surface area contributed by atoms with Crippen molar-refractivity contribution in [2.24, 2.45) is 0 Å². The summed E-state index contributed by atoms with van der Waals surface area (Å²) in [6, 6.07) is 8.22. The molecule has 2 aromatic rings. The molecule has 21 heavy (non-hydrogen) atoms. The zero-order chi connectivity index (χ0) is 15.4. The first kappa shape index (κ1) is 15.9. The average molecular weight is 345 g/mol. The highest BCUT2D eigenvalue weighted by Gasteiger charge is 2.13. The molecule has 7 heteroatoms. The van der Waals surface area contributed by atoms with Crippen LogP contribution in [0.4, 0.5) is 10.5 Å². The Kier molecular flexibility index (Phi) is 5.33. The minimum atomic E-state index is -0.340. The molecular weight excluding hydrogens is 331 g/mol. The molecule has 0 aliphatic carbocycles. The molecule has 2 amide bonds. The van der Waals surface area contributed by atoms with Gasteiger partial charge < -0.3 is 15.4 Å². The minimum Gasteiger partial charge on any atom is -0.495 e. The third-order valence-electron chi connectivity index (χ3n) is 2.78. The zero-order valence-corrected chi connectivity index (χ0v) is 13.8. The first-order chi connectivity index (χ1) is 9.99. The maximum atomic E-state index is 12.0. The largest absolute Gasteiger partial charge is 0.495 e. The fourth-order valence-electron chi connectivity index (χ4n) is 1.77. The zero-order valence-electron chi connectivity index (χ0n) is 11.4. The maximum absolute atomic E-state index is 12.0. The predicted molar refractivity (Wildman–Crippen MR) is 87.9 cm³/mol. The molecule has 1 aromatic heterocycles. The van der Waals surface area contributed by atoms with E-state index in [9.17, 15) is 4.79 Å². The molecule has 0 aliphatic rings. The fraction of sp³-hybridized carbons (Fsp3) is 0.214. The first-order valence-electron chi connectivity index (χ1n) is 6.16. The second-order valence-electron chi connectivity index (χ2n) is 4.31. The summed E-state index contributed by atoms with van der Waals surface area (Å²) in [5.74, 6) is 0.543. The second-order valence-corrected chi connectivity index (χ2v) is 6.49. The summed E-state index contributed by atoms with van der Waals surface area (Å²) >= 11 is 13.2. The van der Waals surface area contributed by atoms with Crippen molar-refractivity contribution < 1.29 is 9.53 Å². The molecule has 0 fully saturated rings. The van der Waals surface area contributed by atoms with Gasteiger partial charge in [0.2, 0.25) is 0 Å². The van der Waals surface area contributed by atoms with Crippen LogP contribution in [0.1, 0.15) is 17.8 Å². The molecule has 1 unspecified atom stereocenters. The van der Waals surface area contributed by atoms with Gasteiger partial charge in [-0.25, -0.2) is 4.79 Å². The highest BCUT2D eigenvalue weighted by atomic mass is 35.5. The van der Waals surface area contributed by atoms with Gasteiger partial charge in [-0.3, -0.25) is 0 Å². The normalized spacial score (nSPS) is 11.8. The number of rotatable bonds is 4. The Balaban J connectivity index is 2.03. The Morgan fingerprint density at radius 1 is 1.29 bits per heavy atom. The molecule has 1 atom stereocenters. The van der Waals surface area contributed by atoms with E-state index in [0.29, 0.717) is 20.8 Å². The van der Waals surface area contributed by atoms with Gasteiger partial charge in [0.25, 0.3) is 0 Å². The van der Waals surface area contributed by atoms with Crippen LogP contribution in [0, 0.1) is 0 Å². The van der Waals surface area contributed by atoms with Crippen molar-refractivity contribution in [1.29, 1.82) is 0 Å². The van der Waals surface area contributed by atoms with Crippen LogP contribution in [0.3, 0.4) is 0 Å². The van der Waals surface area contributed by atoms with Gasteiger partial charge in [0.1, 0.15) is 5.75 Å². The third kappa shape index (κ3) is 4.27. The second kappa shape index (κ2) is 7.02. The van der Waals surface area contributed by atoms with Gasteiger partial charge in [0.05, 0.1) is 23.2 Å². The van der Waals surface area contributed by atoms with E-state index in [4.69, 9.17) is 27.9 Å². The Morgan fingerprint density at radius 2 is 2.05 bits per heavy atom. The molecule has 0 aliphatic heterocycles. The predicted octanol–water partition coefficient (Wildman–Crippen LogP) is 4.95. The number of ether oxygens (including phenoxy) is 1. The molecule has 1 heterocycles. The number of thiophene rings is 1. The van der Waals surface area contributed by atoms with Crippen LogP contribution in [-0.4, -0.2) is 13.1 Å². The highest BCUT2D eigenvalue weighted by Crippen LogP contribution is 2.29. The van der Waals surface area contributed by atoms with Crippen molar-refractivity contribution in [3.63, 3.8) is 0 Å². The number of hydrogen-bond acceptors (Lipinski definition) is 3. The maximum Gasteiger partial charge on any atom is 0.319 e. The Labute approximate surface area is 137 Å². The molecular formula is C14H14Cl2N2O2S. The quantitative estimate of drug-likeness (QED) is 0.824. The van der Waals surface area contributed by atoms with Crippen LogP contribution in [0.5, 0.6) is 5.75 Å². The molecule has 0 saturated heterocycles. The summed E-state index contributed by atoms with van der Waals surface area (Å²) in [5.41, 5.74) is 0.513. The number of urea groups is 1. The number of hydrogen-bond donors (Lipinski definition) is 2. The molecule has 0 saturated carbocycles. The van der Waals surface area contributed by atoms with Crippen LogP contribution in [0.2, 0.25) is 9.36 Å². The topological polar surface area (TPSA) is 50.4 Å². The van der Waals surface area contributed by atoms with Crippen molar-refractivity contribution in [2.45, 2.75) is 13.0 Å². The van der Waals surface area contributed by atoms with Crippen molar-refractivity contribution in [2.75, 3.05) is 12.4 Å². The number of nitrogens with one attached hydrogen (secondary N) is 2. The number of halogens is 2. The SMILES string of the molecule is COc1ccc(Cl)cc1NC(=O)NC(C)c1ccc(Cl)s1. The molecule has 0 radical (unpaired) electrons. The summed E-state index contributed by atoms with van der Waals surface area (Å²) in [5, 5.41) is 6.07. The minimum absolute atomic E-state index is 0.146. The molecule has 0 bridgehead atoms. The van der Waals surface area contributed by atoms with Crippen LogP contribution < -0.4 is 15.4 Å². The van der Waals surface area contributed by atoms with Crippen LogP contribution in [0.15, 0.2) is 30.3 Å². The lowest BCUT2D eigenvalue weighted by Crippen LogP contribution is -2.30. The lowest BCUT2D eigenvalue weighted by Gasteiger charge is -2.15. The van der Waals surface area contributed by atoms with Crippen LogP contribution in [0.25, 0.3) is 0 Å². The molecule has 4 nitrogen and oxygen atoms in total. The Bertz CT molecular complexity index is 646. The van der Waals surface area contributed by atoms with E-state index < -0.39 is 0 Å². The van der Waals surface area contributed by atoms with Gasteiger partial charge in [0.15, 0.2) is 0 Å². The van der Waals surface area contributed by atoms with Crippen molar-refractivity contribution in [3.8, 4) is 5.75 Å². The summed E-state index contributed by atoms with van der Waals surface area (Å²) in [6.07, 6.45) is 0. The number of carbonyl (C=O) groups excluding carboxylic acids is 1. The lowest BCUT2D eigenvalue weighted by atomic mass is 10.2. The van der Waals surface area contributed by atoms with Gasteiger partial charge in [0, 0.05) is 9.90 Å². The fourth-order valence-corrected chi connectivity index (χ4v) is 3.00. The van der Waals surface area contributed by atoms with E-state index in [1.54, 1.807) is 24.3 Å². The molecule has 2 N–H and O–H groups in total. The lowest BCUT2D eigenvalue weighted by molar-refractivity contribution is 0.249. The number of benzene rings is 1. The number of anilines is 1. The van der Waals surface area contributed by atoms with E-state index in [1.807, 2.05) is 13.0 Å². The van der Waals surface area contributed by atoms with E-state index in [-0.39, 0.29) is 12.1 Å². The summed E-state index contributed by atoms with van der Waals surface area (Å²) in [4.78, 5) is 13.0. The number of amides is 2. The Morgan fingerprint density at radius 3 is 2.67 bits per heavy atom. The average Bonchev–Trinajstić information content (AvgIpc) is 2.85. The summed E-state index contributed by atoms with van der Waals surface area (Å²) < 4.78 is 5.87. The van der Waals surface area contributed by atoms with Crippen LogP contribution in [-0.2, 0) is 0 Å². The van der Waals surface area contributed by atoms with Gasteiger partial charge in [-0.2, -0.15) is 0 Å². The smallest absolute Gasteiger partial charge is 0.319 e. The molecule has 112 valence electrons. The summed E-state index contributed by atoms with van der Waals surface area (Å²) in [7, 11) is 1.53. The van der Waals surface area contributed by atoms with Gasteiger partial charge in [-0.05, 0) is 37.3 Å². The van der Waals surface area contributed by atoms with E-state index in [0.717, 1.165) is 4.88 Å². The first-order valence-corrected chi connectivity index (χ1v) is 7.73. The number of methoxy groups -OCH3 is 1. The van der Waals surface area contributed by atoms with Crippen molar-refractivity contribution >= 4 is 46.3 Å². The molecule has 1 aromatic carbocycles. The van der Waals surface area contributed by atoms with Gasteiger partial charge >= 0.3 is 6.03 Å². The highest BCUT2D eigenvalue weighted by molar-refractivity contribution is 7.16. The summed E-state index contributed by atoms with van der Waals surface area (Å²) in [6.45, 7) is 1.89. The molecule has 2 rings (SSSR count). The van der Waals surface area contributed by atoms with E-state index >= 15 is 0 Å². The molecule has 0 spiro atoms. The van der Waals surface area contributed by atoms with Crippen LogP contribution >= 0.6 is 34.5 Å². The monoisotopic (exact) mass is 344 g/mol. The van der Waals surface area contributed by atoms with Crippen molar-refractivity contribution in [1.82, 2.24) is 5.32 Å². The van der Waals surface area contributed by atoms with Crippen molar-refractivity contribution in [3.05, 3.63) is 44.6 Å². The third-order valence-corrected chi connectivity index (χ3v) is 4.43. The van der Waals surface area contributed by atoms with Gasteiger partial charge in [-0.15, -0.1) is 11.3 Å². The number of carbonyl (C=O) groups is 1. The Hall–Kier alpha value is -1.43. The van der Waals surface area contributed by atoms with E-state index in [1.165, 1.54) is 18.4 Å². The van der Waals surface area contributed by atoms with E-state index in [2.05, 4.69) is 10.6 Å².